The minimum atomic E-state index is -3.68. The van der Waals surface area contributed by atoms with Crippen LogP contribution in [0.3, 0.4) is 0 Å². The summed E-state index contributed by atoms with van der Waals surface area (Å²) < 4.78 is 31.7. The van der Waals surface area contributed by atoms with E-state index in [9.17, 15) is 13.2 Å². The Morgan fingerprint density at radius 3 is 2.38 bits per heavy atom. The van der Waals surface area contributed by atoms with Crippen molar-refractivity contribution in [1.29, 1.82) is 0 Å². The number of methoxy groups -OCH3 is 1. The number of benzene rings is 1. The Morgan fingerprint density at radius 1 is 1.19 bits per heavy atom. The molecule has 0 bridgehead atoms. The van der Waals surface area contributed by atoms with Crippen molar-refractivity contribution in [1.82, 2.24) is 4.31 Å². The van der Waals surface area contributed by atoms with Crippen molar-refractivity contribution in [3.8, 4) is 0 Å². The van der Waals surface area contributed by atoms with Crippen LogP contribution in [0.25, 0.3) is 0 Å². The van der Waals surface area contributed by atoms with Gasteiger partial charge in [-0.15, -0.1) is 0 Å². The van der Waals surface area contributed by atoms with Gasteiger partial charge in [0.05, 0.1) is 12.0 Å². The molecule has 1 fully saturated rings. The zero-order valence-electron chi connectivity index (χ0n) is 12.6. The van der Waals surface area contributed by atoms with E-state index < -0.39 is 22.0 Å². The standard InChI is InChI=1S/C15H21NO4S/c1-11-8-12(2)10-13(9-11)21(18,19)16-7-5-4-6-14(16)15(17)20-3/h8-10,14H,4-7H2,1-3H3/t14-/m1/s1. The van der Waals surface area contributed by atoms with Gasteiger partial charge in [-0.05, 0) is 56.4 Å². The van der Waals surface area contributed by atoms with E-state index in [-0.39, 0.29) is 4.90 Å². The van der Waals surface area contributed by atoms with Crippen molar-refractivity contribution in [3.63, 3.8) is 0 Å². The molecule has 1 atom stereocenters. The number of carbonyl (C=O) groups excluding carboxylic acids is 1. The van der Waals surface area contributed by atoms with Crippen LogP contribution < -0.4 is 0 Å². The fraction of sp³-hybridized carbons (Fsp3) is 0.533. The van der Waals surface area contributed by atoms with E-state index in [0.29, 0.717) is 13.0 Å². The smallest absolute Gasteiger partial charge is 0.324 e. The second kappa shape index (κ2) is 6.15. The second-order valence-electron chi connectivity index (χ2n) is 5.47. The normalized spacial score (nSPS) is 20.2. The molecule has 0 aliphatic carbocycles. The summed E-state index contributed by atoms with van der Waals surface area (Å²) >= 11 is 0. The van der Waals surface area contributed by atoms with Gasteiger partial charge in [-0.2, -0.15) is 4.31 Å². The van der Waals surface area contributed by atoms with E-state index in [0.717, 1.165) is 24.0 Å². The van der Waals surface area contributed by atoms with Crippen molar-refractivity contribution >= 4 is 16.0 Å². The molecule has 1 aromatic rings. The van der Waals surface area contributed by atoms with Crippen LogP contribution >= 0.6 is 0 Å². The number of hydrogen-bond donors (Lipinski definition) is 0. The molecule has 0 saturated carbocycles. The molecule has 1 saturated heterocycles. The topological polar surface area (TPSA) is 63.7 Å². The van der Waals surface area contributed by atoms with Gasteiger partial charge in [0.15, 0.2) is 0 Å². The molecule has 0 spiro atoms. The molecule has 6 heteroatoms. The number of piperidine rings is 1. The summed E-state index contributed by atoms with van der Waals surface area (Å²) in [6.07, 6.45) is 2.10. The monoisotopic (exact) mass is 311 g/mol. The van der Waals surface area contributed by atoms with Crippen LogP contribution in [0.5, 0.6) is 0 Å². The van der Waals surface area contributed by atoms with Gasteiger partial charge < -0.3 is 4.74 Å². The highest BCUT2D eigenvalue weighted by atomic mass is 32.2. The molecule has 1 heterocycles. The van der Waals surface area contributed by atoms with E-state index in [1.165, 1.54) is 11.4 Å². The van der Waals surface area contributed by atoms with Gasteiger partial charge in [0, 0.05) is 6.54 Å². The maximum absolute atomic E-state index is 12.8. The number of nitrogens with zero attached hydrogens (tertiary/aromatic N) is 1. The third kappa shape index (κ3) is 3.27. The predicted molar refractivity (Wildman–Crippen MR) is 79.5 cm³/mol. The molecule has 0 N–H and O–H groups in total. The summed E-state index contributed by atoms with van der Waals surface area (Å²) in [6, 6.07) is 4.50. The molecule has 21 heavy (non-hydrogen) atoms. The lowest BCUT2D eigenvalue weighted by atomic mass is 10.1. The number of carbonyl (C=O) groups is 1. The zero-order valence-corrected chi connectivity index (χ0v) is 13.4. The first-order valence-corrected chi connectivity index (χ1v) is 8.48. The highest BCUT2D eigenvalue weighted by Gasteiger charge is 2.38. The summed E-state index contributed by atoms with van der Waals surface area (Å²) in [4.78, 5) is 12.1. The fourth-order valence-electron chi connectivity index (χ4n) is 2.78. The molecule has 1 aliphatic heterocycles. The molecule has 2 rings (SSSR count). The van der Waals surface area contributed by atoms with E-state index in [1.54, 1.807) is 12.1 Å². The Balaban J connectivity index is 2.42. The molecule has 0 unspecified atom stereocenters. The zero-order chi connectivity index (χ0) is 15.6. The maximum Gasteiger partial charge on any atom is 0.324 e. The second-order valence-corrected chi connectivity index (χ2v) is 7.36. The number of rotatable bonds is 3. The first-order valence-electron chi connectivity index (χ1n) is 7.04. The Morgan fingerprint density at radius 2 is 1.81 bits per heavy atom. The molecule has 1 aromatic carbocycles. The first kappa shape index (κ1) is 16.0. The van der Waals surface area contributed by atoms with Crippen molar-refractivity contribution in [3.05, 3.63) is 29.3 Å². The minimum Gasteiger partial charge on any atom is -0.468 e. The summed E-state index contributed by atoms with van der Waals surface area (Å²) in [7, 11) is -2.39. The Hall–Kier alpha value is -1.40. The van der Waals surface area contributed by atoms with E-state index in [1.807, 2.05) is 19.9 Å². The maximum atomic E-state index is 12.8. The highest BCUT2D eigenvalue weighted by Crippen LogP contribution is 2.27. The number of esters is 1. The lowest BCUT2D eigenvalue weighted by molar-refractivity contribution is -0.146. The quantitative estimate of drug-likeness (QED) is 0.801. The summed E-state index contributed by atoms with van der Waals surface area (Å²) in [5.41, 5.74) is 1.78. The van der Waals surface area contributed by atoms with Crippen molar-refractivity contribution in [2.45, 2.75) is 44.0 Å². The van der Waals surface area contributed by atoms with E-state index in [2.05, 4.69) is 0 Å². The summed E-state index contributed by atoms with van der Waals surface area (Å²) in [5.74, 6) is -0.484. The van der Waals surface area contributed by atoms with Gasteiger partial charge in [-0.25, -0.2) is 8.42 Å². The van der Waals surface area contributed by atoms with Crippen LogP contribution in [0.15, 0.2) is 23.1 Å². The molecular weight excluding hydrogens is 290 g/mol. The van der Waals surface area contributed by atoms with Gasteiger partial charge in [0.25, 0.3) is 0 Å². The Labute approximate surface area is 126 Å². The Kier molecular flexibility index (Phi) is 4.68. The van der Waals surface area contributed by atoms with Crippen LogP contribution in [0.2, 0.25) is 0 Å². The average Bonchev–Trinajstić information content (AvgIpc) is 2.45. The molecule has 0 radical (unpaired) electrons. The molecule has 0 aromatic heterocycles. The number of sulfonamides is 1. The minimum absolute atomic E-state index is 0.246. The van der Waals surface area contributed by atoms with Gasteiger partial charge in [0.2, 0.25) is 10.0 Å². The number of ether oxygens (including phenoxy) is 1. The van der Waals surface area contributed by atoms with Crippen LogP contribution in [-0.2, 0) is 19.6 Å². The van der Waals surface area contributed by atoms with Crippen LogP contribution in [-0.4, -0.2) is 38.4 Å². The molecular formula is C15H21NO4S. The third-order valence-corrected chi connectivity index (χ3v) is 5.61. The lowest BCUT2D eigenvalue weighted by Gasteiger charge is -2.32. The molecule has 1 aliphatic rings. The summed E-state index contributed by atoms with van der Waals surface area (Å²) in [5, 5.41) is 0. The molecule has 0 amide bonds. The predicted octanol–water partition coefficient (Wildman–Crippen LogP) is 2.02. The van der Waals surface area contributed by atoms with Gasteiger partial charge >= 0.3 is 5.97 Å². The number of hydrogen-bond acceptors (Lipinski definition) is 4. The lowest BCUT2D eigenvalue weighted by Crippen LogP contribution is -2.48. The van der Waals surface area contributed by atoms with Crippen LogP contribution in [0.4, 0.5) is 0 Å². The molecule has 5 nitrogen and oxygen atoms in total. The first-order chi connectivity index (χ1) is 9.86. The number of aryl methyl sites for hydroxylation is 2. The molecule has 116 valence electrons. The highest BCUT2D eigenvalue weighted by molar-refractivity contribution is 7.89. The van der Waals surface area contributed by atoms with E-state index >= 15 is 0 Å². The van der Waals surface area contributed by atoms with Crippen LogP contribution in [0.1, 0.15) is 30.4 Å². The van der Waals surface area contributed by atoms with Gasteiger partial charge in [-0.3, -0.25) is 4.79 Å². The van der Waals surface area contributed by atoms with Gasteiger partial charge in [0.1, 0.15) is 6.04 Å². The Bertz CT molecular complexity index is 619. The van der Waals surface area contributed by atoms with E-state index in [4.69, 9.17) is 4.74 Å². The largest absolute Gasteiger partial charge is 0.468 e. The van der Waals surface area contributed by atoms with Crippen molar-refractivity contribution < 1.29 is 17.9 Å². The van der Waals surface area contributed by atoms with Gasteiger partial charge in [-0.1, -0.05) is 6.07 Å². The average molecular weight is 311 g/mol. The fourth-order valence-corrected chi connectivity index (χ4v) is 4.62. The SMILES string of the molecule is COC(=O)[C@H]1CCCCN1S(=O)(=O)c1cc(C)cc(C)c1. The summed E-state index contributed by atoms with van der Waals surface area (Å²) in [6.45, 7) is 4.08. The third-order valence-electron chi connectivity index (χ3n) is 3.73. The van der Waals surface area contributed by atoms with Crippen molar-refractivity contribution in [2.75, 3.05) is 13.7 Å². The van der Waals surface area contributed by atoms with Crippen molar-refractivity contribution in [2.24, 2.45) is 0 Å². The van der Waals surface area contributed by atoms with Crippen LogP contribution in [0, 0.1) is 13.8 Å².